The fraction of sp³-hybridized carbons (Fsp3) is 0.474. The van der Waals surface area contributed by atoms with Crippen molar-refractivity contribution < 1.29 is 4.39 Å². The molecule has 6 nitrogen and oxygen atoms in total. The largest absolute Gasteiger partial charge is 0.357 e. The predicted octanol–water partition coefficient (Wildman–Crippen LogP) is 2.61. The fourth-order valence-electron chi connectivity index (χ4n) is 3.15. The lowest BCUT2D eigenvalue weighted by molar-refractivity contribution is 0.172. The lowest BCUT2D eigenvalue weighted by atomic mass is 10.2. The molecule has 27 heavy (non-hydrogen) atoms. The third kappa shape index (κ3) is 5.29. The molecule has 1 fully saturated rings. The van der Waals surface area contributed by atoms with Crippen molar-refractivity contribution in [2.75, 3.05) is 32.7 Å². The van der Waals surface area contributed by atoms with E-state index in [4.69, 9.17) is 4.99 Å². The number of aryl methyl sites for hydroxylation is 1. The van der Waals surface area contributed by atoms with Gasteiger partial charge in [-0.1, -0.05) is 6.07 Å². The summed E-state index contributed by atoms with van der Waals surface area (Å²) in [7, 11) is 1.93. The predicted molar refractivity (Wildman–Crippen MR) is 109 cm³/mol. The van der Waals surface area contributed by atoms with Crippen LogP contribution in [-0.4, -0.2) is 58.3 Å². The molecule has 1 N–H and O–H groups in total. The minimum atomic E-state index is -0.206. The Morgan fingerprint density at radius 2 is 2.04 bits per heavy atom. The van der Waals surface area contributed by atoms with Gasteiger partial charge in [0, 0.05) is 52.5 Å². The number of benzene rings is 1. The minimum Gasteiger partial charge on any atom is -0.357 e. The van der Waals surface area contributed by atoms with Crippen LogP contribution < -0.4 is 5.32 Å². The van der Waals surface area contributed by atoms with Gasteiger partial charge in [0.1, 0.15) is 5.82 Å². The Hall–Kier alpha value is -1.93. The highest BCUT2D eigenvalue weighted by Gasteiger charge is 2.20. The summed E-state index contributed by atoms with van der Waals surface area (Å²) < 4.78 is 16.1. The summed E-state index contributed by atoms with van der Waals surface area (Å²) in [5, 5.41) is 7.58. The molecule has 0 aliphatic carbocycles. The van der Waals surface area contributed by atoms with Crippen LogP contribution in [0.5, 0.6) is 0 Å². The summed E-state index contributed by atoms with van der Waals surface area (Å²) in [5.41, 5.74) is 2.09. The number of nitrogens with one attached hydrogen (secondary N) is 1. The molecule has 0 bridgehead atoms. The summed E-state index contributed by atoms with van der Waals surface area (Å²) in [6.07, 6.45) is 1.79. The first-order chi connectivity index (χ1) is 13.1. The zero-order valence-corrected chi connectivity index (χ0v) is 17.4. The number of rotatable bonds is 5. The SMILES string of the molecule is CCNC(=NCc1ccnn1C)N1CCN(Cc2ccc(Br)c(F)c2)CC1. The molecule has 1 aromatic heterocycles. The van der Waals surface area contributed by atoms with Crippen LogP contribution in [-0.2, 0) is 20.1 Å². The Morgan fingerprint density at radius 3 is 2.67 bits per heavy atom. The highest BCUT2D eigenvalue weighted by molar-refractivity contribution is 9.10. The third-order valence-electron chi connectivity index (χ3n) is 4.71. The Kier molecular flexibility index (Phi) is 6.84. The van der Waals surface area contributed by atoms with Gasteiger partial charge in [0.05, 0.1) is 16.7 Å². The summed E-state index contributed by atoms with van der Waals surface area (Å²) >= 11 is 3.21. The second-order valence-electron chi connectivity index (χ2n) is 6.63. The van der Waals surface area contributed by atoms with Crippen molar-refractivity contribution in [1.29, 1.82) is 0 Å². The molecule has 8 heteroatoms. The van der Waals surface area contributed by atoms with Crippen molar-refractivity contribution in [3.8, 4) is 0 Å². The van der Waals surface area contributed by atoms with Gasteiger partial charge in [0.25, 0.3) is 0 Å². The molecule has 2 aromatic rings. The molecular formula is C19H26BrFN6. The lowest BCUT2D eigenvalue weighted by Crippen LogP contribution is -2.52. The molecule has 3 rings (SSSR count). The third-order valence-corrected chi connectivity index (χ3v) is 5.35. The van der Waals surface area contributed by atoms with Gasteiger partial charge >= 0.3 is 0 Å². The monoisotopic (exact) mass is 436 g/mol. The van der Waals surface area contributed by atoms with E-state index in [0.29, 0.717) is 11.0 Å². The molecule has 0 unspecified atom stereocenters. The van der Waals surface area contributed by atoms with Crippen LogP contribution in [0.4, 0.5) is 4.39 Å². The molecule has 1 aliphatic rings. The molecular weight excluding hydrogens is 411 g/mol. The molecule has 2 heterocycles. The van der Waals surface area contributed by atoms with Gasteiger partial charge in [-0.3, -0.25) is 9.58 Å². The first-order valence-electron chi connectivity index (χ1n) is 9.23. The average molecular weight is 437 g/mol. The maximum atomic E-state index is 13.7. The zero-order chi connectivity index (χ0) is 19.2. The zero-order valence-electron chi connectivity index (χ0n) is 15.8. The van der Waals surface area contributed by atoms with E-state index in [2.05, 4.69) is 43.1 Å². The molecule has 1 saturated heterocycles. The van der Waals surface area contributed by atoms with Gasteiger partial charge < -0.3 is 10.2 Å². The number of nitrogens with zero attached hydrogens (tertiary/aromatic N) is 5. The maximum absolute atomic E-state index is 13.7. The lowest BCUT2D eigenvalue weighted by Gasteiger charge is -2.36. The fourth-order valence-corrected chi connectivity index (χ4v) is 3.40. The normalized spacial score (nSPS) is 16.0. The van der Waals surface area contributed by atoms with Crippen LogP contribution in [0.25, 0.3) is 0 Å². The van der Waals surface area contributed by atoms with Crippen molar-refractivity contribution in [2.45, 2.75) is 20.0 Å². The number of hydrogen-bond donors (Lipinski definition) is 1. The van der Waals surface area contributed by atoms with E-state index in [1.165, 1.54) is 0 Å². The second-order valence-corrected chi connectivity index (χ2v) is 7.48. The molecule has 0 amide bonds. The molecule has 0 atom stereocenters. The van der Waals surface area contributed by atoms with E-state index in [1.54, 1.807) is 18.3 Å². The average Bonchev–Trinajstić information content (AvgIpc) is 3.07. The van der Waals surface area contributed by atoms with E-state index in [1.807, 2.05) is 23.9 Å². The number of hydrogen-bond acceptors (Lipinski definition) is 3. The molecule has 1 aromatic carbocycles. The summed E-state index contributed by atoms with van der Waals surface area (Å²) in [6.45, 7) is 7.94. The highest BCUT2D eigenvalue weighted by atomic mass is 79.9. The topological polar surface area (TPSA) is 48.7 Å². The number of guanidine groups is 1. The minimum absolute atomic E-state index is 0.206. The van der Waals surface area contributed by atoms with Gasteiger partial charge in [-0.15, -0.1) is 0 Å². The van der Waals surface area contributed by atoms with Crippen molar-refractivity contribution >= 4 is 21.9 Å². The summed E-state index contributed by atoms with van der Waals surface area (Å²) in [6, 6.07) is 7.34. The van der Waals surface area contributed by atoms with Crippen LogP contribution in [0.2, 0.25) is 0 Å². The number of aliphatic imine (C=N–C) groups is 1. The quantitative estimate of drug-likeness (QED) is 0.577. The van der Waals surface area contributed by atoms with E-state index in [0.717, 1.165) is 56.5 Å². The first kappa shape index (κ1) is 19.8. The van der Waals surface area contributed by atoms with Crippen LogP contribution in [0.1, 0.15) is 18.2 Å². The van der Waals surface area contributed by atoms with E-state index in [-0.39, 0.29) is 5.82 Å². The second kappa shape index (κ2) is 9.32. The Bertz CT molecular complexity index is 782. The Balaban J connectivity index is 1.57. The van der Waals surface area contributed by atoms with Gasteiger partial charge in [-0.25, -0.2) is 9.38 Å². The van der Waals surface area contributed by atoms with Gasteiger partial charge in [0.15, 0.2) is 5.96 Å². The van der Waals surface area contributed by atoms with E-state index in [9.17, 15) is 4.39 Å². The molecule has 0 spiro atoms. The van der Waals surface area contributed by atoms with Gasteiger partial charge in [-0.05, 0) is 46.6 Å². The number of aromatic nitrogens is 2. The van der Waals surface area contributed by atoms with Gasteiger partial charge in [0.2, 0.25) is 0 Å². The van der Waals surface area contributed by atoms with Crippen molar-refractivity contribution in [2.24, 2.45) is 12.0 Å². The van der Waals surface area contributed by atoms with Crippen molar-refractivity contribution in [1.82, 2.24) is 24.9 Å². The summed E-state index contributed by atoms with van der Waals surface area (Å²) in [4.78, 5) is 9.41. The Morgan fingerprint density at radius 1 is 1.26 bits per heavy atom. The van der Waals surface area contributed by atoms with Crippen LogP contribution in [0.15, 0.2) is 39.9 Å². The van der Waals surface area contributed by atoms with Crippen molar-refractivity contribution in [3.63, 3.8) is 0 Å². The molecule has 0 saturated carbocycles. The van der Waals surface area contributed by atoms with Crippen LogP contribution >= 0.6 is 15.9 Å². The molecule has 0 radical (unpaired) electrons. The summed E-state index contributed by atoms with van der Waals surface area (Å²) in [5.74, 6) is 0.732. The van der Waals surface area contributed by atoms with E-state index >= 15 is 0 Å². The highest BCUT2D eigenvalue weighted by Crippen LogP contribution is 2.18. The Labute approximate surface area is 168 Å². The van der Waals surface area contributed by atoms with Crippen LogP contribution in [0, 0.1) is 5.82 Å². The number of piperazine rings is 1. The smallest absolute Gasteiger partial charge is 0.194 e. The van der Waals surface area contributed by atoms with Crippen molar-refractivity contribution in [3.05, 3.63) is 52.0 Å². The van der Waals surface area contributed by atoms with Gasteiger partial charge in [-0.2, -0.15) is 5.10 Å². The first-order valence-corrected chi connectivity index (χ1v) is 10.0. The maximum Gasteiger partial charge on any atom is 0.194 e. The number of halogens is 2. The molecule has 1 aliphatic heterocycles. The molecule has 146 valence electrons. The van der Waals surface area contributed by atoms with E-state index < -0.39 is 0 Å². The van der Waals surface area contributed by atoms with Crippen LogP contribution in [0.3, 0.4) is 0 Å². The standard InChI is InChI=1S/C19H26BrFN6/c1-3-22-19(23-13-16-6-7-24-25(16)2)27-10-8-26(9-11-27)14-15-4-5-17(20)18(21)12-15/h4-7,12H,3,8-11,13-14H2,1-2H3,(H,22,23).